The summed E-state index contributed by atoms with van der Waals surface area (Å²) in [5.41, 5.74) is 1.50. The van der Waals surface area contributed by atoms with Gasteiger partial charge in [0.1, 0.15) is 11.5 Å². The Morgan fingerprint density at radius 1 is 0.958 bits per heavy atom. The molecule has 1 aromatic heterocycles. The summed E-state index contributed by atoms with van der Waals surface area (Å²) in [5, 5.41) is 10.8. The summed E-state index contributed by atoms with van der Waals surface area (Å²) in [5.74, 6) is 1.38. The molecule has 3 aromatic rings. The smallest absolute Gasteiger partial charge is 0.259 e. The highest BCUT2D eigenvalue weighted by molar-refractivity contribution is 5.86. The molecule has 1 heterocycles. The van der Waals surface area contributed by atoms with Crippen LogP contribution in [0.2, 0.25) is 0 Å². The molecular weight excluding hydrogens is 306 g/mol. The van der Waals surface area contributed by atoms with Crippen LogP contribution in [0.3, 0.4) is 0 Å². The number of pyridine rings is 1. The molecule has 5 heteroatoms. The second kappa shape index (κ2) is 6.76. The van der Waals surface area contributed by atoms with Gasteiger partial charge in [-0.05, 0) is 53.4 Å². The maximum Gasteiger partial charge on any atom is 0.259 e. The van der Waals surface area contributed by atoms with Crippen molar-refractivity contribution >= 4 is 10.8 Å². The van der Waals surface area contributed by atoms with Crippen LogP contribution in [-0.2, 0) is 6.54 Å². The van der Waals surface area contributed by atoms with Crippen LogP contribution in [0.4, 0.5) is 0 Å². The molecule has 0 aliphatic heterocycles. The van der Waals surface area contributed by atoms with Gasteiger partial charge in [-0.25, -0.2) is 0 Å². The molecule has 0 fully saturated rings. The SMILES string of the molecule is COc1ccc(-c2cc3ccc(OC)cc3c(=O)n2CCO)cc1. The van der Waals surface area contributed by atoms with Gasteiger partial charge in [0.25, 0.3) is 5.56 Å². The molecule has 0 unspecified atom stereocenters. The number of ether oxygens (including phenoxy) is 2. The Morgan fingerprint density at radius 2 is 1.62 bits per heavy atom. The zero-order chi connectivity index (χ0) is 17.1. The van der Waals surface area contributed by atoms with Crippen LogP contribution in [0.5, 0.6) is 11.5 Å². The molecule has 24 heavy (non-hydrogen) atoms. The van der Waals surface area contributed by atoms with Crippen molar-refractivity contribution in [2.45, 2.75) is 6.54 Å². The molecule has 0 atom stereocenters. The monoisotopic (exact) mass is 325 g/mol. The number of rotatable bonds is 5. The number of aromatic nitrogens is 1. The fourth-order valence-corrected chi connectivity index (χ4v) is 2.78. The highest BCUT2D eigenvalue weighted by Crippen LogP contribution is 2.26. The van der Waals surface area contributed by atoms with E-state index >= 15 is 0 Å². The van der Waals surface area contributed by atoms with E-state index in [-0.39, 0.29) is 18.7 Å². The van der Waals surface area contributed by atoms with Gasteiger partial charge in [0.2, 0.25) is 0 Å². The highest BCUT2D eigenvalue weighted by atomic mass is 16.5. The normalized spacial score (nSPS) is 10.8. The fraction of sp³-hybridized carbons (Fsp3) is 0.211. The summed E-state index contributed by atoms with van der Waals surface area (Å²) in [7, 11) is 3.18. The van der Waals surface area contributed by atoms with Gasteiger partial charge in [0.05, 0.1) is 31.9 Å². The standard InChI is InChI=1S/C19H19NO4/c1-23-15-6-3-13(4-7-15)18-11-14-5-8-16(24-2)12-17(14)19(22)20(18)9-10-21/h3-8,11-12,21H,9-10H2,1-2H3. The molecular formula is C19H19NO4. The molecule has 0 bridgehead atoms. The lowest BCUT2D eigenvalue weighted by atomic mass is 10.1. The van der Waals surface area contributed by atoms with Crippen LogP contribution in [0.25, 0.3) is 22.0 Å². The molecule has 0 amide bonds. The molecule has 0 spiro atoms. The molecule has 1 N–H and O–H groups in total. The van der Waals surface area contributed by atoms with Crippen LogP contribution >= 0.6 is 0 Å². The van der Waals surface area contributed by atoms with Crippen molar-refractivity contribution in [2.24, 2.45) is 0 Å². The number of benzene rings is 2. The predicted octanol–water partition coefficient (Wildman–Crippen LogP) is 2.68. The van der Waals surface area contributed by atoms with Crippen molar-refractivity contribution in [3.63, 3.8) is 0 Å². The van der Waals surface area contributed by atoms with E-state index in [0.717, 1.165) is 22.4 Å². The number of hydrogen-bond donors (Lipinski definition) is 1. The van der Waals surface area contributed by atoms with Gasteiger partial charge in [0, 0.05) is 6.54 Å². The Morgan fingerprint density at radius 3 is 2.25 bits per heavy atom. The average Bonchev–Trinajstić information content (AvgIpc) is 2.64. The summed E-state index contributed by atoms with van der Waals surface area (Å²) in [6.07, 6.45) is 0. The van der Waals surface area contributed by atoms with Crippen molar-refractivity contribution < 1.29 is 14.6 Å². The lowest BCUT2D eigenvalue weighted by Crippen LogP contribution is -2.23. The van der Waals surface area contributed by atoms with Crippen molar-refractivity contribution in [2.75, 3.05) is 20.8 Å². The number of aliphatic hydroxyl groups excluding tert-OH is 1. The van der Waals surface area contributed by atoms with E-state index in [9.17, 15) is 9.90 Å². The van der Waals surface area contributed by atoms with E-state index in [1.54, 1.807) is 24.9 Å². The lowest BCUT2D eigenvalue weighted by Gasteiger charge is -2.14. The third-order valence-corrected chi connectivity index (χ3v) is 4.03. The first-order valence-corrected chi connectivity index (χ1v) is 7.65. The Balaban J connectivity index is 2.25. The molecule has 0 saturated carbocycles. The predicted molar refractivity (Wildman–Crippen MR) is 93.8 cm³/mol. The van der Waals surface area contributed by atoms with Gasteiger partial charge < -0.3 is 19.1 Å². The molecule has 3 rings (SSSR count). The van der Waals surface area contributed by atoms with Crippen molar-refractivity contribution in [1.29, 1.82) is 0 Å². The Labute approximate surface area is 139 Å². The minimum absolute atomic E-state index is 0.113. The number of aliphatic hydroxyl groups is 1. The van der Waals surface area contributed by atoms with Gasteiger partial charge in [-0.1, -0.05) is 6.07 Å². The van der Waals surface area contributed by atoms with E-state index < -0.39 is 0 Å². The van der Waals surface area contributed by atoms with E-state index in [0.29, 0.717) is 11.1 Å². The maximum absolute atomic E-state index is 12.9. The Bertz CT molecular complexity index is 913. The quantitative estimate of drug-likeness (QED) is 0.783. The average molecular weight is 325 g/mol. The van der Waals surface area contributed by atoms with Crippen molar-refractivity contribution in [3.8, 4) is 22.8 Å². The Hall–Kier alpha value is -2.79. The molecule has 2 aromatic carbocycles. The molecule has 0 aliphatic rings. The first kappa shape index (κ1) is 16.1. The third kappa shape index (κ3) is 2.86. The number of hydrogen-bond acceptors (Lipinski definition) is 4. The van der Waals surface area contributed by atoms with Gasteiger partial charge in [0.15, 0.2) is 0 Å². The molecule has 124 valence electrons. The zero-order valence-electron chi connectivity index (χ0n) is 13.7. The molecule has 0 radical (unpaired) electrons. The van der Waals surface area contributed by atoms with Crippen molar-refractivity contribution in [3.05, 3.63) is 58.9 Å². The number of fused-ring (bicyclic) bond motifs is 1. The Kier molecular flexibility index (Phi) is 4.53. The van der Waals surface area contributed by atoms with Crippen LogP contribution in [0.1, 0.15) is 0 Å². The third-order valence-electron chi connectivity index (χ3n) is 4.03. The van der Waals surface area contributed by atoms with Gasteiger partial charge in [-0.2, -0.15) is 0 Å². The molecule has 0 aliphatic carbocycles. The minimum Gasteiger partial charge on any atom is -0.497 e. The molecule has 5 nitrogen and oxygen atoms in total. The van der Waals surface area contributed by atoms with Gasteiger partial charge in [-0.3, -0.25) is 4.79 Å². The first-order chi connectivity index (χ1) is 11.7. The number of nitrogens with zero attached hydrogens (tertiary/aromatic N) is 1. The summed E-state index contributed by atoms with van der Waals surface area (Å²) in [6, 6.07) is 14.9. The van der Waals surface area contributed by atoms with E-state index in [4.69, 9.17) is 9.47 Å². The zero-order valence-corrected chi connectivity index (χ0v) is 13.7. The van der Waals surface area contributed by atoms with Gasteiger partial charge >= 0.3 is 0 Å². The second-order valence-electron chi connectivity index (χ2n) is 5.39. The number of methoxy groups -OCH3 is 2. The van der Waals surface area contributed by atoms with E-state index in [2.05, 4.69) is 0 Å². The summed E-state index contributed by atoms with van der Waals surface area (Å²) < 4.78 is 12.0. The van der Waals surface area contributed by atoms with Crippen LogP contribution in [0.15, 0.2) is 53.3 Å². The van der Waals surface area contributed by atoms with Crippen LogP contribution in [0, 0.1) is 0 Å². The summed E-state index contributed by atoms with van der Waals surface area (Å²) in [4.78, 5) is 12.9. The lowest BCUT2D eigenvalue weighted by molar-refractivity contribution is 0.275. The molecule has 0 saturated heterocycles. The van der Waals surface area contributed by atoms with Crippen LogP contribution < -0.4 is 15.0 Å². The van der Waals surface area contributed by atoms with E-state index in [1.807, 2.05) is 42.5 Å². The van der Waals surface area contributed by atoms with E-state index in [1.165, 1.54) is 0 Å². The van der Waals surface area contributed by atoms with Gasteiger partial charge in [-0.15, -0.1) is 0 Å². The van der Waals surface area contributed by atoms with Crippen LogP contribution in [-0.4, -0.2) is 30.5 Å². The topological polar surface area (TPSA) is 60.7 Å². The van der Waals surface area contributed by atoms with Crippen molar-refractivity contribution in [1.82, 2.24) is 4.57 Å². The fourth-order valence-electron chi connectivity index (χ4n) is 2.78. The minimum atomic E-state index is -0.147. The largest absolute Gasteiger partial charge is 0.497 e. The first-order valence-electron chi connectivity index (χ1n) is 7.65. The summed E-state index contributed by atoms with van der Waals surface area (Å²) >= 11 is 0. The maximum atomic E-state index is 12.9. The second-order valence-corrected chi connectivity index (χ2v) is 5.39. The summed E-state index contributed by atoms with van der Waals surface area (Å²) in [6.45, 7) is 0.117. The highest BCUT2D eigenvalue weighted by Gasteiger charge is 2.12.